The number of ether oxygens (including phenoxy) is 1. The molecule has 1 atom stereocenters. The van der Waals surface area contributed by atoms with E-state index in [2.05, 4.69) is 44.7 Å². The maximum atomic E-state index is 5.75. The van der Waals surface area contributed by atoms with Crippen LogP contribution in [-0.4, -0.2) is 50.2 Å². The molecule has 0 radical (unpaired) electrons. The third-order valence-corrected chi connectivity index (χ3v) is 5.27. The number of rotatable bonds is 5. The summed E-state index contributed by atoms with van der Waals surface area (Å²) < 4.78 is 7.96. The number of fused-ring (bicyclic) bond motifs is 1. The van der Waals surface area contributed by atoms with Crippen molar-refractivity contribution in [3.63, 3.8) is 0 Å². The molecule has 6 nitrogen and oxygen atoms in total. The summed E-state index contributed by atoms with van der Waals surface area (Å²) in [5.74, 6) is 1.11. The first-order chi connectivity index (χ1) is 12.7. The number of hydrogen-bond donors (Lipinski definition) is 0. The van der Waals surface area contributed by atoms with Gasteiger partial charge in [-0.15, -0.1) is 0 Å². The lowest BCUT2D eigenvalue weighted by atomic mass is 10.1. The van der Waals surface area contributed by atoms with E-state index in [1.54, 1.807) is 12.4 Å². The molecule has 136 valence electrons. The van der Waals surface area contributed by atoms with Gasteiger partial charge in [0.15, 0.2) is 0 Å². The molecule has 1 aliphatic rings. The van der Waals surface area contributed by atoms with E-state index in [1.165, 1.54) is 5.52 Å². The molecule has 6 heteroatoms. The summed E-state index contributed by atoms with van der Waals surface area (Å²) in [6, 6.07) is 8.69. The molecule has 0 aliphatic carbocycles. The molecule has 0 unspecified atom stereocenters. The quantitative estimate of drug-likeness (QED) is 0.707. The van der Waals surface area contributed by atoms with Gasteiger partial charge in [-0.05, 0) is 31.9 Å². The molecular weight excluding hydrogens is 326 g/mol. The first kappa shape index (κ1) is 17.1. The molecule has 0 saturated carbocycles. The van der Waals surface area contributed by atoms with Gasteiger partial charge < -0.3 is 9.30 Å². The van der Waals surface area contributed by atoms with E-state index in [0.717, 1.165) is 61.9 Å². The lowest BCUT2D eigenvalue weighted by Crippen LogP contribution is -2.45. The zero-order chi connectivity index (χ0) is 17.9. The largest absolute Gasteiger partial charge is 0.378 e. The summed E-state index contributed by atoms with van der Waals surface area (Å²) in [6.45, 7) is 5.36. The Labute approximate surface area is 153 Å². The monoisotopic (exact) mass is 351 g/mol. The molecule has 0 amide bonds. The summed E-state index contributed by atoms with van der Waals surface area (Å²) in [7, 11) is 2.10. The van der Waals surface area contributed by atoms with Crippen LogP contribution in [-0.2, 0) is 24.8 Å². The van der Waals surface area contributed by atoms with Crippen LogP contribution in [0.4, 0.5) is 0 Å². The van der Waals surface area contributed by atoms with Crippen molar-refractivity contribution in [3.05, 3.63) is 53.9 Å². The van der Waals surface area contributed by atoms with Crippen molar-refractivity contribution in [1.29, 1.82) is 0 Å². The third kappa shape index (κ3) is 3.48. The topological polar surface area (TPSA) is 56.1 Å². The smallest absolute Gasteiger partial charge is 0.123 e. The number of hydrogen-bond acceptors (Lipinski definition) is 5. The lowest BCUT2D eigenvalue weighted by molar-refractivity contribution is -0.0158. The number of benzene rings is 1. The van der Waals surface area contributed by atoms with E-state index < -0.39 is 0 Å². The number of aromatic nitrogens is 4. The van der Waals surface area contributed by atoms with Gasteiger partial charge in [0, 0.05) is 32.0 Å². The van der Waals surface area contributed by atoms with Crippen LogP contribution in [0.5, 0.6) is 0 Å². The van der Waals surface area contributed by atoms with E-state index in [4.69, 9.17) is 9.72 Å². The first-order valence-corrected chi connectivity index (χ1v) is 9.21. The van der Waals surface area contributed by atoms with E-state index in [1.807, 2.05) is 13.0 Å². The number of para-hydroxylation sites is 2. The number of nitrogens with zero attached hydrogens (tertiary/aromatic N) is 5. The molecule has 0 spiro atoms. The Morgan fingerprint density at radius 3 is 2.88 bits per heavy atom. The van der Waals surface area contributed by atoms with Crippen LogP contribution in [0.15, 0.2) is 36.7 Å². The van der Waals surface area contributed by atoms with Crippen LogP contribution in [0.25, 0.3) is 11.0 Å². The van der Waals surface area contributed by atoms with E-state index in [0.29, 0.717) is 6.04 Å². The number of aryl methyl sites for hydroxylation is 3. The first-order valence-electron chi connectivity index (χ1n) is 9.21. The second-order valence-electron chi connectivity index (χ2n) is 6.90. The highest BCUT2D eigenvalue weighted by Crippen LogP contribution is 2.20. The average Bonchev–Trinajstić information content (AvgIpc) is 2.98. The minimum atomic E-state index is 0.380. The van der Waals surface area contributed by atoms with Crippen LogP contribution >= 0.6 is 0 Å². The fraction of sp³-hybridized carbons (Fsp3) is 0.450. The maximum absolute atomic E-state index is 5.75. The van der Waals surface area contributed by atoms with Crippen LogP contribution < -0.4 is 0 Å². The predicted octanol–water partition coefficient (Wildman–Crippen LogP) is 2.51. The van der Waals surface area contributed by atoms with Gasteiger partial charge in [0.25, 0.3) is 0 Å². The highest BCUT2D eigenvalue weighted by Gasteiger charge is 2.25. The fourth-order valence-corrected chi connectivity index (χ4v) is 3.67. The SMILES string of the molecule is Cc1nccnc1CC[C@@H]1COCCN1Cc1nc2ccccc2n1C. The summed E-state index contributed by atoms with van der Waals surface area (Å²) in [4.78, 5) is 16.1. The Kier molecular flexibility index (Phi) is 4.95. The van der Waals surface area contributed by atoms with Crippen molar-refractivity contribution in [2.24, 2.45) is 7.05 Å². The van der Waals surface area contributed by atoms with Crippen LogP contribution in [0.2, 0.25) is 0 Å². The molecule has 4 rings (SSSR count). The van der Waals surface area contributed by atoms with Gasteiger partial charge in [0.2, 0.25) is 0 Å². The number of imidazole rings is 1. The summed E-state index contributed by atoms with van der Waals surface area (Å²) in [5, 5.41) is 0. The molecule has 1 fully saturated rings. The van der Waals surface area contributed by atoms with Crippen molar-refractivity contribution in [1.82, 2.24) is 24.4 Å². The van der Waals surface area contributed by atoms with Gasteiger partial charge in [-0.25, -0.2) is 4.98 Å². The predicted molar refractivity (Wildman–Crippen MR) is 101 cm³/mol. The minimum absolute atomic E-state index is 0.380. The fourth-order valence-electron chi connectivity index (χ4n) is 3.67. The molecule has 3 aromatic rings. The van der Waals surface area contributed by atoms with Gasteiger partial charge in [0.1, 0.15) is 5.82 Å². The minimum Gasteiger partial charge on any atom is -0.378 e. The Morgan fingerprint density at radius 1 is 1.19 bits per heavy atom. The highest BCUT2D eigenvalue weighted by molar-refractivity contribution is 5.75. The van der Waals surface area contributed by atoms with Crippen LogP contribution in [0, 0.1) is 6.92 Å². The molecule has 0 bridgehead atoms. The second-order valence-corrected chi connectivity index (χ2v) is 6.90. The van der Waals surface area contributed by atoms with Crippen molar-refractivity contribution < 1.29 is 4.74 Å². The molecule has 1 saturated heterocycles. The Bertz CT molecular complexity index is 891. The molecule has 26 heavy (non-hydrogen) atoms. The lowest BCUT2D eigenvalue weighted by Gasteiger charge is -2.35. The van der Waals surface area contributed by atoms with Gasteiger partial charge in [-0.3, -0.25) is 14.9 Å². The van der Waals surface area contributed by atoms with Crippen LogP contribution in [0.1, 0.15) is 23.6 Å². The number of morpholine rings is 1. The maximum Gasteiger partial charge on any atom is 0.123 e. The molecule has 0 N–H and O–H groups in total. The van der Waals surface area contributed by atoms with Gasteiger partial charge in [0.05, 0.1) is 42.2 Å². The Hall–Kier alpha value is -2.31. The van der Waals surface area contributed by atoms with Crippen molar-refractivity contribution in [2.75, 3.05) is 19.8 Å². The van der Waals surface area contributed by atoms with Crippen molar-refractivity contribution in [2.45, 2.75) is 32.4 Å². The van der Waals surface area contributed by atoms with Gasteiger partial charge in [-0.2, -0.15) is 0 Å². The Balaban J connectivity index is 1.48. The van der Waals surface area contributed by atoms with Crippen molar-refractivity contribution in [3.8, 4) is 0 Å². The standard InChI is InChI=1S/C20H25N5O/c1-15-17(22-10-9-21-15)8-7-16-14-26-12-11-25(16)13-20-23-18-5-3-4-6-19(18)24(20)2/h3-6,9-10,16H,7-8,11-14H2,1-2H3/t16-/m1/s1. The highest BCUT2D eigenvalue weighted by atomic mass is 16.5. The second kappa shape index (κ2) is 7.51. The van der Waals surface area contributed by atoms with Crippen LogP contribution in [0.3, 0.4) is 0 Å². The zero-order valence-corrected chi connectivity index (χ0v) is 15.4. The summed E-state index contributed by atoms with van der Waals surface area (Å²) >= 11 is 0. The molecular formula is C20H25N5O. The third-order valence-electron chi connectivity index (χ3n) is 5.27. The molecule has 1 aromatic carbocycles. The molecule has 3 heterocycles. The summed E-state index contributed by atoms with van der Waals surface area (Å²) in [6.07, 6.45) is 5.47. The van der Waals surface area contributed by atoms with Crippen molar-refractivity contribution >= 4 is 11.0 Å². The van der Waals surface area contributed by atoms with Gasteiger partial charge in [-0.1, -0.05) is 12.1 Å². The molecule has 1 aliphatic heterocycles. The molecule has 2 aromatic heterocycles. The summed E-state index contributed by atoms with van der Waals surface area (Å²) in [5.41, 5.74) is 4.35. The Morgan fingerprint density at radius 2 is 2.04 bits per heavy atom. The van der Waals surface area contributed by atoms with Gasteiger partial charge >= 0.3 is 0 Å². The van der Waals surface area contributed by atoms with E-state index >= 15 is 0 Å². The average molecular weight is 351 g/mol. The van der Waals surface area contributed by atoms with E-state index in [-0.39, 0.29) is 0 Å². The normalized spacial score (nSPS) is 18.5. The zero-order valence-electron chi connectivity index (χ0n) is 15.4. The van der Waals surface area contributed by atoms with E-state index in [9.17, 15) is 0 Å².